The lowest BCUT2D eigenvalue weighted by atomic mass is 10.2. The van der Waals surface area contributed by atoms with Gasteiger partial charge in [0.2, 0.25) is 5.91 Å². The summed E-state index contributed by atoms with van der Waals surface area (Å²) in [4.78, 5) is 13.3. The van der Waals surface area contributed by atoms with E-state index < -0.39 is 6.10 Å². The molecule has 1 amide bonds. The highest BCUT2D eigenvalue weighted by molar-refractivity contribution is 5.76. The van der Waals surface area contributed by atoms with Gasteiger partial charge in [-0.1, -0.05) is 0 Å². The molecule has 1 aliphatic rings. The molecule has 0 aromatic heterocycles. The van der Waals surface area contributed by atoms with Crippen LogP contribution in [0.4, 0.5) is 0 Å². The van der Waals surface area contributed by atoms with Crippen molar-refractivity contribution in [2.24, 2.45) is 0 Å². The number of carbonyl (C=O) groups is 1. The van der Waals surface area contributed by atoms with Crippen LogP contribution < -0.4 is 0 Å². The lowest BCUT2D eigenvalue weighted by Crippen LogP contribution is -2.45. The Labute approximate surface area is 89.6 Å². The molecule has 1 heterocycles. The number of nitriles is 1. The van der Waals surface area contributed by atoms with Crippen molar-refractivity contribution in [3.8, 4) is 6.07 Å². The maximum absolute atomic E-state index is 11.6. The number of morpholine rings is 1. The van der Waals surface area contributed by atoms with Crippen LogP contribution in [0.3, 0.4) is 0 Å². The Morgan fingerprint density at radius 1 is 1.73 bits per heavy atom. The van der Waals surface area contributed by atoms with Crippen LogP contribution in [0.15, 0.2) is 0 Å². The van der Waals surface area contributed by atoms with E-state index in [1.807, 2.05) is 6.07 Å². The first-order chi connectivity index (χ1) is 7.27. The highest BCUT2D eigenvalue weighted by Gasteiger charge is 2.23. The average Bonchev–Trinajstić information content (AvgIpc) is 2.29. The Hall–Kier alpha value is -1.12. The fraction of sp³-hybridized carbons (Fsp3) is 0.800. The fourth-order valence-corrected chi connectivity index (χ4v) is 1.48. The number of rotatable bonds is 4. The Kier molecular flexibility index (Phi) is 5.08. The molecule has 84 valence electrons. The molecule has 1 rings (SSSR count). The van der Waals surface area contributed by atoms with Crippen LogP contribution in [-0.2, 0) is 14.3 Å². The summed E-state index contributed by atoms with van der Waals surface area (Å²) in [5, 5.41) is 8.67. The SMILES string of the molecule is COCCCC(=O)N1CCOC(C#N)C1. The molecule has 0 aromatic carbocycles. The third kappa shape index (κ3) is 3.86. The van der Waals surface area contributed by atoms with Crippen molar-refractivity contribution < 1.29 is 14.3 Å². The molecule has 0 N–H and O–H groups in total. The Morgan fingerprint density at radius 3 is 3.20 bits per heavy atom. The third-order valence-electron chi connectivity index (χ3n) is 2.30. The molecule has 0 spiro atoms. The molecule has 5 nitrogen and oxygen atoms in total. The van der Waals surface area contributed by atoms with Gasteiger partial charge < -0.3 is 14.4 Å². The molecule has 0 bridgehead atoms. The monoisotopic (exact) mass is 212 g/mol. The van der Waals surface area contributed by atoms with Crippen molar-refractivity contribution in [3.63, 3.8) is 0 Å². The van der Waals surface area contributed by atoms with E-state index in [0.29, 0.717) is 32.7 Å². The second-order valence-electron chi connectivity index (χ2n) is 3.42. The van der Waals surface area contributed by atoms with Gasteiger partial charge in [-0.3, -0.25) is 4.79 Å². The summed E-state index contributed by atoms with van der Waals surface area (Å²) in [5.74, 6) is 0.0793. The summed E-state index contributed by atoms with van der Waals surface area (Å²) >= 11 is 0. The number of carbonyl (C=O) groups excluding carboxylic acids is 1. The van der Waals surface area contributed by atoms with Crippen LogP contribution in [0.2, 0.25) is 0 Å². The van der Waals surface area contributed by atoms with E-state index in [4.69, 9.17) is 14.7 Å². The number of methoxy groups -OCH3 is 1. The number of hydrogen-bond donors (Lipinski definition) is 0. The minimum atomic E-state index is -0.467. The first-order valence-electron chi connectivity index (χ1n) is 5.06. The minimum Gasteiger partial charge on any atom is -0.385 e. The molecule has 1 fully saturated rings. The molecular formula is C10H16N2O3. The molecule has 1 atom stereocenters. The molecule has 15 heavy (non-hydrogen) atoms. The third-order valence-corrected chi connectivity index (χ3v) is 2.30. The normalized spacial score (nSPS) is 21.1. The standard InChI is InChI=1S/C10H16N2O3/c1-14-5-2-3-10(13)12-4-6-15-9(7-11)8-12/h9H,2-6,8H2,1H3. The number of hydrogen-bond acceptors (Lipinski definition) is 4. The van der Waals surface area contributed by atoms with Crippen LogP contribution >= 0.6 is 0 Å². The second kappa shape index (κ2) is 6.38. The van der Waals surface area contributed by atoms with E-state index in [9.17, 15) is 4.79 Å². The first-order valence-corrected chi connectivity index (χ1v) is 5.06. The Bertz CT molecular complexity index is 250. The van der Waals surface area contributed by atoms with Crippen LogP contribution in [0.1, 0.15) is 12.8 Å². The van der Waals surface area contributed by atoms with Crippen molar-refractivity contribution in [1.82, 2.24) is 4.90 Å². The molecular weight excluding hydrogens is 196 g/mol. The zero-order valence-electron chi connectivity index (χ0n) is 8.94. The molecule has 5 heteroatoms. The Balaban J connectivity index is 2.29. The molecule has 1 saturated heterocycles. The zero-order valence-corrected chi connectivity index (χ0v) is 8.94. The van der Waals surface area contributed by atoms with Gasteiger partial charge in [-0.2, -0.15) is 5.26 Å². The van der Waals surface area contributed by atoms with Crippen molar-refractivity contribution in [2.75, 3.05) is 33.4 Å². The van der Waals surface area contributed by atoms with Gasteiger partial charge in [0.15, 0.2) is 6.10 Å². The summed E-state index contributed by atoms with van der Waals surface area (Å²) < 4.78 is 10.0. The van der Waals surface area contributed by atoms with Gasteiger partial charge in [0.25, 0.3) is 0 Å². The van der Waals surface area contributed by atoms with Gasteiger partial charge in [-0.15, -0.1) is 0 Å². The fourth-order valence-electron chi connectivity index (χ4n) is 1.48. The van der Waals surface area contributed by atoms with Gasteiger partial charge >= 0.3 is 0 Å². The summed E-state index contributed by atoms with van der Waals surface area (Å²) in [6.07, 6.45) is 0.737. The van der Waals surface area contributed by atoms with E-state index >= 15 is 0 Å². The quantitative estimate of drug-likeness (QED) is 0.623. The van der Waals surface area contributed by atoms with Crippen molar-refractivity contribution in [2.45, 2.75) is 18.9 Å². The van der Waals surface area contributed by atoms with Gasteiger partial charge in [0.1, 0.15) is 0 Å². The van der Waals surface area contributed by atoms with Crippen molar-refractivity contribution in [3.05, 3.63) is 0 Å². The van der Waals surface area contributed by atoms with Crippen LogP contribution in [-0.4, -0.2) is 50.3 Å². The number of ether oxygens (including phenoxy) is 2. The summed E-state index contributed by atoms with van der Waals surface area (Å²) in [7, 11) is 1.62. The molecule has 1 unspecified atom stereocenters. The van der Waals surface area contributed by atoms with E-state index in [0.717, 1.165) is 6.42 Å². The van der Waals surface area contributed by atoms with E-state index in [1.54, 1.807) is 12.0 Å². The number of amides is 1. The first kappa shape index (κ1) is 12.0. The Morgan fingerprint density at radius 2 is 2.53 bits per heavy atom. The molecule has 0 radical (unpaired) electrons. The summed E-state index contributed by atoms with van der Waals surface area (Å²) in [6, 6.07) is 2.02. The lowest BCUT2D eigenvalue weighted by molar-refractivity contribution is -0.137. The minimum absolute atomic E-state index is 0.0793. The van der Waals surface area contributed by atoms with Crippen LogP contribution in [0, 0.1) is 11.3 Å². The largest absolute Gasteiger partial charge is 0.385 e. The average molecular weight is 212 g/mol. The molecule has 1 aliphatic heterocycles. The smallest absolute Gasteiger partial charge is 0.222 e. The van der Waals surface area contributed by atoms with E-state index in [2.05, 4.69) is 0 Å². The molecule has 0 saturated carbocycles. The topological polar surface area (TPSA) is 62.6 Å². The summed E-state index contributed by atoms with van der Waals surface area (Å²) in [6.45, 7) is 2.03. The maximum Gasteiger partial charge on any atom is 0.222 e. The van der Waals surface area contributed by atoms with Crippen LogP contribution in [0.25, 0.3) is 0 Å². The predicted molar refractivity (Wildman–Crippen MR) is 53.0 cm³/mol. The lowest BCUT2D eigenvalue weighted by Gasteiger charge is -2.29. The molecule has 0 aromatic rings. The van der Waals surface area contributed by atoms with E-state index in [-0.39, 0.29) is 5.91 Å². The van der Waals surface area contributed by atoms with Crippen molar-refractivity contribution in [1.29, 1.82) is 5.26 Å². The molecule has 0 aliphatic carbocycles. The predicted octanol–water partition coefficient (Wildman–Crippen LogP) is 0.164. The van der Waals surface area contributed by atoms with Crippen LogP contribution in [0.5, 0.6) is 0 Å². The highest BCUT2D eigenvalue weighted by atomic mass is 16.5. The maximum atomic E-state index is 11.6. The van der Waals surface area contributed by atoms with Gasteiger partial charge in [0, 0.05) is 26.7 Å². The van der Waals surface area contributed by atoms with Gasteiger partial charge in [-0.05, 0) is 6.42 Å². The summed E-state index contributed by atoms with van der Waals surface area (Å²) in [5.41, 5.74) is 0. The van der Waals surface area contributed by atoms with Gasteiger partial charge in [0.05, 0.1) is 19.2 Å². The van der Waals surface area contributed by atoms with Gasteiger partial charge in [-0.25, -0.2) is 0 Å². The van der Waals surface area contributed by atoms with E-state index in [1.165, 1.54) is 0 Å². The second-order valence-corrected chi connectivity index (χ2v) is 3.42. The van der Waals surface area contributed by atoms with Crippen molar-refractivity contribution >= 4 is 5.91 Å². The highest BCUT2D eigenvalue weighted by Crippen LogP contribution is 2.07. The number of nitrogens with zero attached hydrogens (tertiary/aromatic N) is 2. The zero-order chi connectivity index (χ0) is 11.1.